The minimum absolute atomic E-state index is 0.0315. The lowest BCUT2D eigenvalue weighted by Gasteiger charge is -2.27. The van der Waals surface area contributed by atoms with Crippen LogP contribution in [-0.2, 0) is 14.4 Å². The molecule has 130 valence electrons. The first-order valence-corrected chi connectivity index (χ1v) is 8.60. The summed E-state index contributed by atoms with van der Waals surface area (Å²) in [7, 11) is 0. The van der Waals surface area contributed by atoms with Gasteiger partial charge in [0, 0.05) is 18.0 Å². The number of rotatable bonds is 5. The largest absolute Gasteiger partial charge is 0.369 e. The number of hydrogen-bond donors (Lipinski definition) is 2. The van der Waals surface area contributed by atoms with Crippen LogP contribution >= 0.6 is 0 Å². The van der Waals surface area contributed by atoms with Gasteiger partial charge < -0.3 is 11.1 Å². The van der Waals surface area contributed by atoms with Crippen molar-refractivity contribution in [3.05, 3.63) is 53.6 Å². The van der Waals surface area contributed by atoms with Gasteiger partial charge in [0.15, 0.2) is 5.78 Å². The second-order valence-electron chi connectivity index (χ2n) is 6.55. The highest BCUT2D eigenvalue weighted by Crippen LogP contribution is 2.33. The van der Waals surface area contributed by atoms with Crippen molar-refractivity contribution in [3.8, 4) is 0 Å². The molecule has 3 N–H and O–H groups in total. The summed E-state index contributed by atoms with van der Waals surface area (Å²) in [6, 6.07) is 9.39. The van der Waals surface area contributed by atoms with E-state index in [1.165, 1.54) is 0 Å². The number of carbonyl (C=O) groups excluding carboxylic acids is 3. The SMILES string of the molecule is NC(=O)[C@@H]1CC=CC[C@H]1NC(=O)CC1=C(c2ccccc2)CCC1=O. The first kappa shape index (κ1) is 17.1. The molecular formula is C20H22N2O3. The van der Waals surface area contributed by atoms with Crippen molar-refractivity contribution in [1.82, 2.24) is 5.32 Å². The van der Waals surface area contributed by atoms with Crippen molar-refractivity contribution < 1.29 is 14.4 Å². The topological polar surface area (TPSA) is 89.3 Å². The van der Waals surface area contributed by atoms with Gasteiger partial charge in [0.2, 0.25) is 11.8 Å². The maximum absolute atomic E-state index is 12.5. The third-order valence-electron chi connectivity index (χ3n) is 4.91. The highest BCUT2D eigenvalue weighted by molar-refractivity contribution is 6.10. The summed E-state index contributed by atoms with van der Waals surface area (Å²) in [6.07, 6.45) is 6.14. The lowest BCUT2D eigenvalue weighted by Crippen LogP contribution is -2.46. The van der Waals surface area contributed by atoms with Gasteiger partial charge in [0.25, 0.3) is 0 Å². The highest BCUT2D eigenvalue weighted by atomic mass is 16.2. The summed E-state index contributed by atoms with van der Waals surface area (Å²) in [5.74, 6) is -0.999. The Hall–Kier alpha value is -2.69. The number of allylic oxidation sites excluding steroid dienone is 2. The van der Waals surface area contributed by atoms with Crippen LogP contribution in [0.2, 0.25) is 0 Å². The molecule has 0 aromatic heterocycles. The van der Waals surface area contributed by atoms with Crippen molar-refractivity contribution in [2.24, 2.45) is 11.7 Å². The average Bonchev–Trinajstić information content (AvgIpc) is 2.96. The Morgan fingerprint density at radius 1 is 1.08 bits per heavy atom. The van der Waals surface area contributed by atoms with Gasteiger partial charge in [0.1, 0.15) is 0 Å². The molecule has 25 heavy (non-hydrogen) atoms. The van der Waals surface area contributed by atoms with Crippen LogP contribution in [0.5, 0.6) is 0 Å². The van der Waals surface area contributed by atoms with Crippen molar-refractivity contribution in [3.63, 3.8) is 0 Å². The maximum Gasteiger partial charge on any atom is 0.224 e. The molecule has 0 spiro atoms. The third kappa shape index (κ3) is 3.87. The molecule has 0 bridgehead atoms. The minimum atomic E-state index is -0.407. The van der Waals surface area contributed by atoms with E-state index >= 15 is 0 Å². The van der Waals surface area contributed by atoms with Gasteiger partial charge in [-0.2, -0.15) is 0 Å². The predicted molar refractivity (Wildman–Crippen MR) is 95.2 cm³/mol. The summed E-state index contributed by atoms with van der Waals surface area (Å²) in [5.41, 5.74) is 7.96. The zero-order chi connectivity index (χ0) is 17.8. The molecule has 2 aliphatic carbocycles. The molecule has 5 heteroatoms. The van der Waals surface area contributed by atoms with Crippen LogP contribution in [0.15, 0.2) is 48.1 Å². The molecule has 2 amide bonds. The predicted octanol–water partition coefficient (Wildman–Crippen LogP) is 2.13. The van der Waals surface area contributed by atoms with Gasteiger partial charge in [-0.15, -0.1) is 0 Å². The van der Waals surface area contributed by atoms with Crippen LogP contribution in [0.25, 0.3) is 5.57 Å². The van der Waals surface area contributed by atoms with Crippen molar-refractivity contribution in [2.75, 3.05) is 0 Å². The van der Waals surface area contributed by atoms with Gasteiger partial charge in [-0.05, 0) is 30.4 Å². The fourth-order valence-electron chi connectivity index (χ4n) is 3.58. The van der Waals surface area contributed by atoms with E-state index in [0.717, 1.165) is 11.1 Å². The molecule has 2 aliphatic rings. The molecule has 5 nitrogen and oxygen atoms in total. The molecule has 0 unspecified atom stereocenters. The average molecular weight is 338 g/mol. The van der Waals surface area contributed by atoms with Gasteiger partial charge >= 0.3 is 0 Å². The second-order valence-corrected chi connectivity index (χ2v) is 6.55. The van der Waals surface area contributed by atoms with Gasteiger partial charge in [-0.25, -0.2) is 0 Å². The Bertz CT molecular complexity index is 749. The molecule has 0 heterocycles. The normalized spacial score (nSPS) is 23.0. The summed E-state index contributed by atoms with van der Waals surface area (Å²) in [4.78, 5) is 36.3. The zero-order valence-corrected chi connectivity index (χ0v) is 14.0. The molecule has 1 aromatic carbocycles. The number of carbonyl (C=O) groups is 3. The first-order valence-electron chi connectivity index (χ1n) is 8.60. The Labute approximate surface area is 147 Å². The fraction of sp³-hybridized carbons (Fsp3) is 0.350. The molecular weight excluding hydrogens is 316 g/mol. The molecule has 1 aromatic rings. The molecule has 3 rings (SSSR count). The van der Waals surface area contributed by atoms with Crippen LogP contribution in [0.4, 0.5) is 0 Å². The standard InChI is InChI=1S/C20H22N2O3/c21-20(25)15-8-4-5-9-17(15)22-19(24)12-16-14(10-11-18(16)23)13-6-2-1-3-7-13/h1-7,15,17H,8-12H2,(H2,21,25)(H,22,24)/t15-,17-/m1/s1. The third-order valence-corrected chi connectivity index (χ3v) is 4.91. The van der Waals surface area contributed by atoms with Crippen LogP contribution in [0.3, 0.4) is 0 Å². The quantitative estimate of drug-likeness (QED) is 0.806. The number of hydrogen-bond acceptors (Lipinski definition) is 3. The van der Waals surface area contributed by atoms with E-state index in [2.05, 4.69) is 5.32 Å². The molecule has 2 atom stereocenters. The van der Waals surface area contributed by atoms with E-state index in [9.17, 15) is 14.4 Å². The Morgan fingerprint density at radius 2 is 1.80 bits per heavy atom. The van der Waals surface area contributed by atoms with E-state index < -0.39 is 11.8 Å². The number of Topliss-reactive ketones (excluding diaryl/α,β-unsaturated/α-hetero) is 1. The second kappa shape index (κ2) is 7.47. The summed E-state index contributed by atoms with van der Waals surface area (Å²) in [5, 5.41) is 2.89. The van der Waals surface area contributed by atoms with E-state index in [0.29, 0.717) is 31.3 Å². The van der Waals surface area contributed by atoms with Crippen LogP contribution in [-0.4, -0.2) is 23.6 Å². The molecule has 0 aliphatic heterocycles. The lowest BCUT2D eigenvalue weighted by atomic mass is 9.88. The smallest absolute Gasteiger partial charge is 0.224 e. The van der Waals surface area contributed by atoms with Crippen LogP contribution in [0, 0.1) is 5.92 Å². The molecule has 0 saturated carbocycles. The number of ketones is 1. The summed E-state index contributed by atoms with van der Waals surface area (Å²) >= 11 is 0. The Balaban J connectivity index is 1.74. The van der Waals surface area contributed by atoms with E-state index in [1.54, 1.807) is 0 Å². The van der Waals surface area contributed by atoms with Gasteiger partial charge in [0.05, 0.1) is 12.3 Å². The number of nitrogens with two attached hydrogens (primary N) is 1. The van der Waals surface area contributed by atoms with Crippen molar-refractivity contribution in [2.45, 2.75) is 38.1 Å². The summed E-state index contributed by atoms with van der Waals surface area (Å²) in [6.45, 7) is 0. The first-order chi connectivity index (χ1) is 12.1. The number of nitrogens with one attached hydrogen (secondary N) is 1. The fourth-order valence-corrected chi connectivity index (χ4v) is 3.58. The van der Waals surface area contributed by atoms with Crippen molar-refractivity contribution in [1.29, 1.82) is 0 Å². The zero-order valence-electron chi connectivity index (χ0n) is 14.0. The molecule has 0 saturated heterocycles. The van der Waals surface area contributed by atoms with Gasteiger partial charge in [-0.1, -0.05) is 42.5 Å². The van der Waals surface area contributed by atoms with Crippen LogP contribution in [0.1, 0.15) is 37.7 Å². The van der Waals surface area contributed by atoms with E-state index in [1.807, 2.05) is 42.5 Å². The number of benzene rings is 1. The maximum atomic E-state index is 12.5. The van der Waals surface area contributed by atoms with Crippen LogP contribution < -0.4 is 11.1 Å². The molecule has 0 radical (unpaired) electrons. The van der Waals surface area contributed by atoms with E-state index in [4.69, 9.17) is 5.73 Å². The minimum Gasteiger partial charge on any atom is -0.369 e. The van der Waals surface area contributed by atoms with E-state index in [-0.39, 0.29) is 24.2 Å². The van der Waals surface area contributed by atoms with Crippen molar-refractivity contribution >= 4 is 23.2 Å². The molecule has 0 fully saturated rings. The number of amides is 2. The Kier molecular flexibility index (Phi) is 5.12. The highest BCUT2D eigenvalue weighted by Gasteiger charge is 2.30. The Morgan fingerprint density at radius 3 is 2.52 bits per heavy atom. The van der Waals surface area contributed by atoms with Gasteiger partial charge in [-0.3, -0.25) is 14.4 Å². The summed E-state index contributed by atoms with van der Waals surface area (Å²) < 4.78 is 0. The monoisotopic (exact) mass is 338 g/mol. The lowest BCUT2D eigenvalue weighted by molar-refractivity contribution is -0.125. The number of primary amides is 1.